The van der Waals surface area contributed by atoms with E-state index in [-0.39, 0.29) is 18.1 Å². The standard InChI is InChI=1S/C18H11N3O4/c19-8-15-14(12-3-6-16-17(7-12)25-10-24-16)9-21(20-15)13-4-1-11(2-5-13)18(22)23/h1-7,9H,10H2,(H,22,23). The topological polar surface area (TPSA) is 97.4 Å². The van der Waals surface area contributed by atoms with Gasteiger partial charge in [0.1, 0.15) is 6.07 Å². The Morgan fingerprint density at radius 1 is 1.16 bits per heavy atom. The van der Waals surface area contributed by atoms with Crippen LogP contribution in [0, 0.1) is 11.3 Å². The lowest BCUT2D eigenvalue weighted by molar-refractivity contribution is 0.0697. The summed E-state index contributed by atoms with van der Waals surface area (Å²) in [4.78, 5) is 10.9. The normalized spacial score (nSPS) is 12.0. The molecule has 2 heterocycles. The van der Waals surface area contributed by atoms with Crippen LogP contribution >= 0.6 is 0 Å². The molecule has 0 unspecified atom stereocenters. The maximum Gasteiger partial charge on any atom is 0.335 e. The molecule has 0 aliphatic carbocycles. The van der Waals surface area contributed by atoms with Crippen LogP contribution in [0.5, 0.6) is 11.5 Å². The lowest BCUT2D eigenvalue weighted by Crippen LogP contribution is -1.98. The number of hydrogen-bond donors (Lipinski definition) is 1. The molecule has 7 heteroatoms. The molecule has 0 bridgehead atoms. The Kier molecular flexibility index (Phi) is 3.36. The van der Waals surface area contributed by atoms with Gasteiger partial charge in [0.2, 0.25) is 6.79 Å². The number of rotatable bonds is 3. The molecule has 0 saturated carbocycles. The Bertz CT molecular complexity index is 1020. The summed E-state index contributed by atoms with van der Waals surface area (Å²) in [6.45, 7) is 0.180. The Morgan fingerprint density at radius 3 is 2.64 bits per heavy atom. The Balaban J connectivity index is 1.75. The smallest absolute Gasteiger partial charge is 0.335 e. The van der Waals surface area contributed by atoms with E-state index in [1.165, 1.54) is 12.1 Å². The summed E-state index contributed by atoms with van der Waals surface area (Å²) in [6.07, 6.45) is 1.73. The SMILES string of the molecule is N#Cc1nn(-c2ccc(C(=O)O)cc2)cc1-c1ccc2c(c1)OCO2. The zero-order chi connectivity index (χ0) is 17.4. The van der Waals surface area contributed by atoms with Gasteiger partial charge in [-0.05, 0) is 42.0 Å². The molecule has 7 nitrogen and oxygen atoms in total. The molecule has 4 rings (SSSR count). The first-order valence-corrected chi connectivity index (χ1v) is 7.39. The molecular weight excluding hydrogens is 322 g/mol. The van der Waals surface area contributed by atoms with Crippen molar-refractivity contribution in [1.82, 2.24) is 9.78 Å². The Labute approximate surface area is 142 Å². The average molecular weight is 333 g/mol. The van der Waals surface area contributed by atoms with Crippen molar-refractivity contribution in [2.45, 2.75) is 0 Å². The third kappa shape index (κ3) is 2.56. The van der Waals surface area contributed by atoms with E-state index < -0.39 is 5.97 Å². The van der Waals surface area contributed by atoms with Gasteiger partial charge < -0.3 is 14.6 Å². The molecule has 122 valence electrons. The monoisotopic (exact) mass is 333 g/mol. The second-order valence-corrected chi connectivity index (χ2v) is 5.37. The van der Waals surface area contributed by atoms with Crippen molar-refractivity contribution in [2.24, 2.45) is 0 Å². The highest BCUT2D eigenvalue weighted by Crippen LogP contribution is 2.36. The Hall–Kier alpha value is -3.79. The molecule has 0 radical (unpaired) electrons. The quantitative estimate of drug-likeness (QED) is 0.791. The zero-order valence-corrected chi connectivity index (χ0v) is 12.8. The summed E-state index contributed by atoms with van der Waals surface area (Å²) >= 11 is 0. The van der Waals surface area contributed by atoms with Gasteiger partial charge in [0.05, 0.1) is 11.3 Å². The average Bonchev–Trinajstić information content (AvgIpc) is 3.27. The van der Waals surface area contributed by atoms with Crippen LogP contribution in [0.15, 0.2) is 48.7 Å². The molecule has 0 fully saturated rings. The molecule has 3 aromatic rings. The van der Waals surface area contributed by atoms with Gasteiger partial charge in [0.15, 0.2) is 17.2 Å². The van der Waals surface area contributed by atoms with Gasteiger partial charge >= 0.3 is 5.97 Å². The first-order valence-electron chi connectivity index (χ1n) is 7.39. The van der Waals surface area contributed by atoms with Crippen LogP contribution in [-0.2, 0) is 0 Å². The van der Waals surface area contributed by atoms with E-state index in [0.717, 1.165) is 5.56 Å². The summed E-state index contributed by atoms with van der Waals surface area (Å²) in [6, 6.07) is 13.8. The number of hydrogen-bond acceptors (Lipinski definition) is 5. The largest absolute Gasteiger partial charge is 0.478 e. The first kappa shape index (κ1) is 14.8. The second-order valence-electron chi connectivity index (χ2n) is 5.37. The van der Waals surface area contributed by atoms with Gasteiger partial charge in [-0.25, -0.2) is 9.48 Å². The highest BCUT2D eigenvalue weighted by atomic mass is 16.7. The molecule has 1 N–H and O–H groups in total. The van der Waals surface area contributed by atoms with Gasteiger partial charge in [0, 0.05) is 11.8 Å². The van der Waals surface area contributed by atoms with E-state index in [4.69, 9.17) is 14.6 Å². The van der Waals surface area contributed by atoms with E-state index >= 15 is 0 Å². The number of carboxylic acids is 1. The number of aromatic carboxylic acids is 1. The van der Waals surface area contributed by atoms with Crippen LogP contribution in [0.3, 0.4) is 0 Å². The van der Waals surface area contributed by atoms with Gasteiger partial charge in [-0.3, -0.25) is 0 Å². The first-order chi connectivity index (χ1) is 12.2. The minimum atomic E-state index is -0.995. The van der Waals surface area contributed by atoms with Crippen molar-refractivity contribution in [3.8, 4) is 34.4 Å². The molecule has 0 amide bonds. The van der Waals surface area contributed by atoms with E-state index in [1.807, 2.05) is 6.07 Å². The fourth-order valence-electron chi connectivity index (χ4n) is 2.62. The number of ether oxygens (including phenoxy) is 2. The van der Waals surface area contributed by atoms with Crippen molar-refractivity contribution in [1.29, 1.82) is 5.26 Å². The van der Waals surface area contributed by atoms with Crippen molar-refractivity contribution in [3.05, 3.63) is 59.9 Å². The van der Waals surface area contributed by atoms with Gasteiger partial charge in [0.25, 0.3) is 0 Å². The third-order valence-electron chi connectivity index (χ3n) is 3.88. The summed E-state index contributed by atoms with van der Waals surface area (Å²) < 4.78 is 12.2. The molecule has 1 aliphatic heterocycles. The van der Waals surface area contributed by atoms with E-state index in [1.54, 1.807) is 35.1 Å². The highest BCUT2D eigenvalue weighted by molar-refractivity contribution is 5.87. The minimum Gasteiger partial charge on any atom is -0.478 e. The lowest BCUT2D eigenvalue weighted by Gasteiger charge is -2.02. The zero-order valence-electron chi connectivity index (χ0n) is 12.8. The number of fused-ring (bicyclic) bond motifs is 1. The second kappa shape index (κ2) is 5.69. The predicted molar refractivity (Wildman–Crippen MR) is 86.8 cm³/mol. The Morgan fingerprint density at radius 2 is 1.92 bits per heavy atom. The molecule has 0 saturated heterocycles. The fraction of sp³-hybridized carbons (Fsp3) is 0.0556. The predicted octanol–water partition coefficient (Wildman–Crippen LogP) is 2.84. The van der Waals surface area contributed by atoms with Crippen LogP contribution in [0.25, 0.3) is 16.8 Å². The number of aromatic nitrogens is 2. The maximum absolute atomic E-state index is 10.9. The van der Waals surface area contributed by atoms with Crippen molar-refractivity contribution < 1.29 is 19.4 Å². The van der Waals surface area contributed by atoms with Crippen molar-refractivity contribution in [3.63, 3.8) is 0 Å². The van der Waals surface area contributed by atoms with Crippen LogP contribution in [0.4, 0.5) is 0 Å². The molecule has 1 aromatic heterocycles. The van der Waals surface area contributed by atoms with Crippen molar-refractivity contribution >= 4 is 5.97 Å². The molecule has 0 spiro atoms. The van der Waals surface area contributed by atoms with E-state index in [0.29, 0.717) is 22.7 Å². The summed E-state index contributed by atoms with van der Waals surface area (Å²) in [5, 5.41) is 22.6. The summed E-state index contributed by atoms with van der Waals surface area (Å²) in [5.74, 6) is 0.296. The number of nitrogens with zero attached hydrogens (tertiary/aromatic N) is 3. The number of benzene rings is 2. The highest BCUT2D eigenvalue weighted by Gasteiger charge is 2.17. The molecule has 25 heavy (non-hydrogen) atoms. The van der Waals surface area contributed by atoms with E-state index in [2.05, 4.69) is 11.2 Å². The molecule has 1 aliphatic rings. The number of carboxylic acid groups (broad SMARTS) is 1. The lowest BCUT2D eigenvalue weighted by atomic mass is 10.1. The van der Waals surface area contributed by atoms with Gasteiger partial charge in [-0.2, -0.15) is 10.4 Å². The van der Waals surface area contributed by atoms with Crippen LogP contribution < -0.4 is 9.47 Å². The summed E-state index contributed by atoms with van der Waals surface area (Å²) in [5.41, 5.74) is 2.55. The minimum absolute atomic E-state index is 0.180. The number of carbonyl (C=O) groups is 1. The van der Waals surface area contributed by atoms with Crippen molar-refractivity contribution in [2.75, 3.05) is 6.79 Å². The number of nitriles is 1. The third-order valence-corrected chi connectivity index (χ3v) is 3.88. The van der Waals surface area contributed by atoms with Gasteiger partial charge in [-0.1, -0.05) is 6.07 Å². The molecule has 2 aromatic carbocycles. The van der Waals surface area contributed by atoms with Crippen LogP contribution in [0.2, 0.25) is 0 Å². The maximum atomic E-state index is 10.9. The van der Waals surface area contributed by atoms with Crippen LogP contribution in [0.1, 0.15) is 16.1 Å². The van der Waals surface area contributed by atoms with E-state index in [9.17, 15) is 10.1 Å². The summed E-state index contributed by atoms with van der Waals surface area (Å²) in [7, 11) is 0. The molecule has 0 atom stereocenters. The van der Waals surface area contributed by atoms with Crippen LogP contribution in [-0.4, -0.2) is 27.6 Å². The van der Waals surface area contributed by atoms with Gasteiger partial charge in [-0.15, -0.1) is 0 Å². The fourth-order valence-corrected chi connectivity index (χ4v) is 2.62. The molecular formula is C18H11N3O4.